The monoisotopic (exact) mass is 425 g/mol. The predicted octanol–water partition coefficient (Wildman–Crippen LogP) is 2.60. The molecule has 0 fully saturated rings. The van der Waals surface area contributed by atoms with Gasteiger partial charge in [-0.1, -0.05) is 42.5 Å². The molecule has 0 radical (unpaired) electrons. The van der Waals surface area contributed by atoms with Crippen LogP contribution in [0, 0.1) is 0 Å². The maximum absolute atomic E-state index is 13.1. The number of carbonyl (C=O) groups is 2. The van der Waals surface area contributed by atoms with Crippen LogP contribution in [0.2, 0.25) is 0 Å². The fourth-order valence-corrected chi connectivity index (χ4v) is 3.67. The van der Waals surface area contributed by atoms with Crippen molar-refractivity contribution in [1.29, 1.82) is 0 Å². The molecule has 7 heteroatoms. The summed E-state index contributed by atoms with van der Waals surface area (Å²) in [7, 11) is 1.56. The molecule has 7 nitrogen and oxygen atoms in total. The number of ether oxygens (including phenoxy) is 2. The van der Waals surface area contributed by atoms with Gasteiger partial charge < -0.3 is 24.6 Å². The summed E-state index contributed by atoms with van der Waals surface area (Å²) in [5.41, 5.74) is 1.81. The number of hydrogen-bond acceptors (Lipinski definition) is 6. The summed E-state index contributed by atoms with van der Waals surface area (Å²) in [6, 6.07) is 15.9. The van der Waals surface area contributed by atoms with Crippen molar-refractivity contribution >= 4 is 11.7 Å². The van der Waals surface area contributed by atoms with Crippen molar-refractivity contribution < 1.29 is 29.3 Å². The van der Waals surface area contributed by atoms with E-state index in [1.807, 2.05) is 30.3 Å². The zero-order chi connectivity index (χ0) is 22.2. The van der Waals surface area contributed by atoms with Gasteiger partial charge in [0.15, 0.2) is 11.5 Å². The molecule has 3 rings (SSSR count). The van der Waals surface area contributed by atoms with Crippen LogP contribution >= 0.6 is 0 Å². The van der Waals surface area contributed by atoms with Gasteiger partial charge in [0.2, 0.25) is 0 Å². The minimum absolute atomic E-state index is 0.105. The summed E-state index contributed by atoms with van der Waals surface area (Å²) in [4.78, 5) is 27.4. The first-order valence-electron chi connectivity index (χ1n) is 10.2. The second kappa shape index (κ2) is 10.7. The molecule has 2 N–H and O–H groups in total. The number of Topliss-reactive ketones (excluding diaryl/α,β-unsaturated/α-hetero) is 1. The number of methoxy groups -OCH3 is 1. The van der Waals surface area contributed by atoms with E-state index in [0.717, 1.165) is 5.56 Å². The van der Waals surface area contributed by atoms with E-state index in [2.05, 4.69) is 0 Å². The third-order valence-electron chi connectivity index (χ3n) is 5.23. The maximum Gasteiger partial charge on any atom is 0.290 e. The number of carbonyl (C=O) groups excluding carboxylic acids is 2. The van der Waals surface area contributed by atoms with Gasteiger partial charge in [0.25, 0.3) is 5.91 Å². The number of ketones is 1. The second-order valence-corrected chi connectivity index (χ2v) is 7.18. The molecule has 1 heterocycles. The first-order chi connectivity index (χ1) is 15.1. The van der Waals surface area contributed by atoms with Crippen LogP contribution in [0.15, 0.2) is 65.9 Å². The number of aliphatic hydroxyl groups is 2. The molecule has 0 saturated heterocycles. The molecule has 1 atom stereocenters. The molecular weight excluding hydrogens is 398 g/mol. The maximum atomic E-state index is 13.1. The predicted molar refractivity (Wildman–Crippen MR) is 115 cm³/mol. The number of rotatable bonds is 11. The van der Waals surface area contributed by atoms with Crippen molar-refractivity contribution in [3.8, 4) is 5.75 Å². The topological polar surface area (TPSA) is 96.3 Å². The van der Waals surface area contributed by atoms with Gasteiger partial charge in [0, 0.05) is 13.0 Å². The average Bonchev–Trinajstić information content (AvgIpc) is 3.06. The zero-order valence-corrected chi connectivity index (χ0v) is 17.5. The third-order valence-corrected chi connectivity index (χ3v) is 5.23. The van der Waals surface area contributed by atoms with Crippen LogP contribution in [0.4, 0.5) is 0 Å². The summed E-state index contributed by atoms with van der Waals surface area (Å²) in [5, 5.41) is 19.5. The van der Waals surface area contributed by atoms with Gasteiger partial charge in [0.05, 0.1) is 38.5 Å². The van der Waals surface area contributed by atoms with Crippen molar-refractivity contribution in [2.45, 2.75) is 18.9 Å². The number of aryl methyl sites for hydroxylation is 1. The normalized spacial score (nSPS) is 16.1. The molecule has 0 aliphatic carbocycles. The minimum atomic E-state index is -0.709. The Morgan fingerprint density at radius 1 is 1.06 bits per heavy atom. The SMILES string of the molecule is COc1ccc(C2C(C(=O)CCc3ccccc3)=C(O)C(=O)N2CCOCCO)cc1. The van der Waals surface area contributed by atoms with Gasteiger partial charge in [-0.2, -0.15) is 0 Å². The van der Waals surface area contributed by atoms with Crippen LogP contribution in [0.5, 0.6) is 5.75 Å². The lowest BCUT2D eigenvalue weighted by Gasteiger charge is -2.27. The van der Waals surface area contributed by atoms with Gasteiger partial charge >= 0.3 is 0 Å². The molecule has 0 spiro atoms. The number of aliphatic hydroxyl groups excluding tert-OH is 2. The number of nitrogens with zero attached hydrogens (tertiary/aromatic N) is 1. The fraction of sp³-hybridized carbons (Fsp3) is 0.333. The standard InChI is InChI=1S/C24H27NO6/c1-30-19-10-8-18(9-11-19)22-21(20(27)12-7-17-5-3-2-4-6-17)23(28)24(29)25(22)13-15-31-16-14-26/h2-6,8-11,22,26,28H,7,12-16H2,1H3. The summed E-state index contributed by atoms with van der Waals surface area (Å²) >= 11 is 0. The van der Waals surface area contributed by atoms with E-state index in [-0.39, 0.29) is 44.1 Å². The molecule has 0 aromatic heterocycles. The molecule has 0 saturated carbocycles. The largest absolute Gasteiger partial charge is 0.503 e. The van der Waals surface area contributed by atoms with Crippen LogP contribution in [0.25, 0.3) is 0 Å². The van der Waals surface area contributed by atoms with Crippen LogP contribution in [-0.4, -0.2) is 60.3 Å². The van der Waals surface area contributed by atoms with E-state index in [1.54, 1.807) is 31.4 Å². The van der Waals surface area contributed by atoms with Crippen LogP contribution in [0.1, 0.15) is 23.6 Å². The molecule has 0 bridgehead atoms. The Bertz CT molecular complexity index is 923. The highest BCUT2D eigenvalue weighted by Gasteiger charge is 2.42. The van der Waals surface area contributed by atoms with Crippen molar-refractivity contribution in [3.05, 3.63) is 77.1 Å². The molecule has 1 unspecified atom stereocenters. The minimum Gasteiger partial charge on any atom is -0.503 e. The van der Waals surface area contributed by atoms with Gasteiger partial charge in [-0.25, -0.2) is 0 Å². The summed E-state index contributed by atoms with van der Waals surface area (Å²) < 4.78 is 10.5. The van der Waals surface area contributed by atoms with Crippen LogP contribution in [-0.2, 0) is 20.7 Å². The highest BCUT2D eigenvalue weighted by Crippen LogP contribution is 2.38. The van der Waals surface area contributed by atoms with Gasteiger partial charge in [-0.15, -0.1) is 0 Å². The van der Waals surface area contributed by atoms with Gasteiger partial charge in [-0.3, -0.25) is 9.59 Å². The number of benzene rings is 2. The van der Waals surface area contributed by atoms with E-state index in [9.17, 15) is 14.7 Å². The lowest BCUT2D eigenvalue weighted by atomic mass is 9.93. The Balaban J connectivity index is 1.85. The first-order valence-corrected chi connectivity index (χ1v) is 10.2. The molecule has 1 aliphatic rings. The quantitative estimate of drug-likeness (QED) is 0.537. The third kappa shape index (κ3) is 5.31. The molecule has 2 aromatic carbocycles. The Morgan fingerprint density at radius 3 is 2.42 bits per heavy atom. The Hall–Kier alpha value is -3.16. The Kier molecular flexibility index (Phi) is 7.81. The van der Waals surface area contributed by atoms with E-state index in [4.69, 9.17) is 14.6 Å². The smallest absolute Gasteiger partial charge is 0.290 e. The molecule has 1 aliphatic heterocycles. The molecule has 31 heavy (non-hydrogen) atoms. The fourth-order valence-electron chi connectivity index (χ4n) is 3.67. The number of amides is 1. The van der Waals surface area contributed by atoms with Crippen LogP contribution < -0.4 is 4.74 Å². The van der Waals surface area contributed by atoms with Crippen molar-refractivity contribution in [2.75, 3.05) is 33.5 Å². The lowest BCUT2D eigenvalue weighted by Crippen LogP contribution is -2.34. The first kappa shape index (κ1) is 22.5. The van der Waals surface area contributed by atoms with E-state index in [0.29, 0.717) is 17.7 Å². The molecule has 1 amide bonds. The Labute approximate surface area is 181 Å². The van der Waals surface area contributed by atoms with Crippen molar-refractivity contribution in [3.63, 3.8) is 0 Å². The highest BCUT2D eigenvalue weighted by molar-refractivity contribution is 6.09. The summed E-state index contributed by atoms with van der Waals surface area (Å²) in [6.07, 6.45) is 0.692. The van der Waals surface area contributed by atoms with Crippen molar-refractivity contribution in [1.82, 2.24) is 4.90 Å². The molecule has 2 aromatic rings. The summed E-state index contributed by atoms with van der Waals surface area (Å²) in [5.74, 6) is -0.733. The lowest BCUT2D eigenvalue weighted by molar-refractivity contribution is -0.130. The van der Waals surface area contributed by atoms with Gasteiger partial charge in [0.1, 0.15) is 5.75 Å². The number of hydrogen-bond donors (Lipinski definition) is 2. The van der Waals surface area contributed by atoms with E-state index >= 15 is 0 Å². The van der Waals surface area contributed by atoms with Crippen molar-refractivity contribution in [2.24, 2.45) is 0 Å². The van der Waals surface area contributed by atoms with Crippen LogP contribution in [0.3, 0.4) is 0 Å². The summed E-state index contributed by atoms with van der Waals surface area (Å²) in [6.45, 7) is 0.382. The molecular formula is C24H27NO6. The molecule has 164 valence electrons. The average molecular weight is 425 g/mol. The van der Waals surface area contributed by atoms with Gasteiger partial charge in [-0.05, 0) is 29.7 Å². The Morgan fingerprint density at radius 2 is 1.77 bits per heavy atom. The zero-order valence-electron chi connectivity index (χ0n) is 17.5. The van der Waals surface area contributed by atoms with E-state index in [1.165, 1.54) is 4.90 Å². The second-order valence-electron chi connectivity index (χ2n) is 7.18. The highest BCUT2D eigenvalue weighted by atomic mass is 16.5. The van der Waals surface area contributed by atoms with E-state index < -0.39 is 17.7 Å².